The lowest BCUT2D eigenvalue weighted by Gasteiger charge is -2.40. The predicted octanol–water partition coefficient (Wildman–Crippen LogP) is 3.92. The number of nitrogens with zero attached hydrogens (tertiary/aromatic N) is 6. The van der Waals surface area contributed by atoms with Crippen molar-refractivity contribution in [2.45, 2.75) is 12.6 Å². The molecule has 4 aromatic rings. The monoisotopic (exact) mass is 476 g/mol. The Balaban J connectivity index is 1.45. The van der Waals surface area contributed by atoms with Crippen LogP contribution >= 0.6 is 0 Å². The lowest BCUT2D eigenvalue weighted by atomic mass is 10.0. The highest BCUT2D eigenvalue weighted by Gasteiger charge is 2.32. The molecular formula is C26H26F2N6O. The number of rotatable bonds is 7. The predicted molar refractivity (Wildman–Crippen MR) is 128 cm³/mol. The van der Waals surface area contributed by atoms with Gasteiger partial charge >= 0.3 is 0 Å². The molecule has 0 radical (unpaired) electrons. The van der Waals surface area contributed by atoms with E-state index < -0.39 is 0 Å². The second-order valence-electron chi connectivity index (χ2n) is 8.47. The highest BCUT2D eigenvalue weighted by Crippen LogP contribution is 2.34. The molecule has 0 amide bonds. The molecule has 1 saturated heterocycles. The molecule has 5 rings (SSSR count). The van der Waals surface area contributed by atoms with Gasteiger partial charge in [0.1, 0.15) is 23.4 Å². The molecule has 35 heavy (non-hydrogen) atoms. The van der Waals surface area contributed by atoms with Crippen LogP contribution in [0, 0.1) is 11.6 Å². The van der Waals surface area contributed by atoms with Gasteiger partial charge in [-0.25, -0.2) is 13.5 Å². The Morgan fingerprint density at radius 3 is 2.20 bits per heavy atom. The molecule has 180 valence electrons. The molecule has 0 unspecified atom stereocenters. The number of halogens is 2. The van der Waals surface area contributed by atoms with E-state index >= 15 is 0 Å². The summed E-state index contributed by atoms with van der Waals surface area (Å²) in [5.74, 6) is 0.928. The Labute approximate surface area is 202 Å². The van der Waals surface area contributed by atoms with Crippen molar-refractivity contribution in [3.05, 3.63) is 101 Å². The summed E-state index contributed by atoms with van der Waals surface area (Å²) in [5.41, 5.74) is 2.88. The summed E-state index contributed by atoms with van der Waals surface area (Å²) >= 11 is 0. The van der Waals surface area contributed by atoms with Crippen LogP contribution in [-0.2, 0) is 6.54 Å². The highest BCUT2D eigenvalue weighted by atomic mass is 19.1. The van der Waals surface area contributed by atoms with Gasteiger partial charge in [0.15, 0.2) is 5.82 Å². The van der Waals surface area contributed by atoms with Gasteiger partial charge in [0.05, 0.1) is 13.7 Å². The van der Waals surface area contributed by atoms with Crippen LogP contribution in [0.5, 0.6) is 5.75 Å². The lowest BCUT2D eigenvalue weighted by molar-refractivity contribution is 0.198. The van der Waals surface area contributed by atoms with Crippen LogP contribution in [0.25, 0.3) is 0 Å². The highest BCUT2D eigenvalue weighted by molar-refractivity contribution is 5.47. The van der Waals surface area contributed by atoms with Gasteiger partial charge in [0.25, 0.3) is 0 Å². The average Bonchev–Trinajstić information content (AvgIpc) is 3.34. The minimum Gasteiger partial charge on any atom is -0.496 e. The summed E-state index contributed by atoms with van der Waals surface area (Å²) in [6.45, 7) is 3.48. The minimum absolute atomic E-state index is 0.239. The van der Waals surface area contributed by atoms with E-state index in [0.717, 1.165) is 48.7 Å². The van der Waals surface area contributed by atoms with Gasteiger partial charge in [-0.3, -0.25) is 4.90 Å². The number of aromatic nitrogens is 4. The van der Waals surface area contributed by atoms with Gasteiger partial charge < -0.3 is 9.64 Å². The lowest BCUT2D eigenvalue weighted by Crippen LogP contribution is -2.48. The fourth-order valence-electron chi connectivity index (χ4n) is 4.56. The molecule has 1 atom stereocenters. The molecule has 0 saturated carbocycles. The maximum atomic E-state index is 13.4. The molecule has 7 nitrogen and oxygen atoms in total. The first kappa shape index (κ1) is 22.9. The number of hydrogen-bond donors (Lipinski definition) is 0. The first-order valence-corrected chi connectivity index (χ1v) is 11.5. The van der Waals surface area contributed by atoms with Gasteiger partial charge in [-0.05, 0) is 58.5 Å². The van der Waals surface area contributed by atoms with Crippen LogP contribution < -0.4 is 9.64 Å². The summed E-state index contributed by atoms with van der Waals surface area (Å²) in [4.78, 5) is 4.58. The minimum atomic E-state index is -0.281. The first-order chi connectivity index (χ1) is 17.1. The molecule has 1 aliphatic rings. The van der Waals surface area contributed by atoms with Crippen LogP contribution in [0.1, 0.15) is 23.0 Å². The molecule has 9 heteroatoms. The van der Waals surface area contributed by atoms with Crippen molar-refractivity contribution in [2.75, 3.05) is 38.2 Å². The first-order valence-electron chi connectivity index (χ1n) is 11.5. The Kier molecular flexibility index (Phi) is 6.67. The SMILES string of the molecule is COc1ccccc1[C@@H](c1nnnn1Cc1ccc(F)cc1)N1CCN(c2ccc(F)cc2)CC1. The van der Waals surface area contributed by atoms with E-state index in [1.165, 1.54) is 24.3 Å². The summed E-state index contributed by atoms with van der Waals surface area (Å²) in [6, 6.07) is 20.6. The standard InChI is InChI=1S/C26H26F2N6O/c1-35-24-5-3-2-4-23(24)25(26-29-30-31-34(26)18-19-6-8-20(27)9-7-19)33-16-14-32(15-17-33)22-12-10-21(28)11-13-22/h2-13,25H,14-18H2,1H3/t25-/m0/s1. The van der Waals surface area contributed by atoms with E-state index in [2.05, 4.69) is 25.3 Å². The molecule has 0 bridgehead atoms. The van der Waals surface area contributed by atoms with Crippen LogP contribution in [0.2, 0.25) is 0 Å². The fourth-order valence-corrected chi connectivity index (χ4v) is 4.56. The van der Waals surface area contributed by atoms with Crippen LogP contribution in [-0.4, -0.2) is 58.4 Å². The number of para-hydroxylation sites is 1. The van der Waals surface area contributed by atoms with Gasteiger partial charge in [0, 0.05) is 37.4 Å². The molecule has 0 aliphatic carbocycles. The van der Waals surface area contributed by atoms with Crippen molar-refractivity contribution in [3.8, 4) is 5.75 Å². The third kappa shape index (κ3) is 5.00. The molecule has 1 fully saturated rings. The van der Waals surface area contributed by atoms with Gasteiger partial charge in [-0.2, -0.15) is 0 Å². The van der Waals surface area contributed by atoms with Gasteiger partial charge in [-0.15, -0.1) is 5.10 Å². The maximum Gasteiger partial charge on any atom is 0.173 e. The van der Waals surface area contributed by atoms with Crippen molar-refractivity contribution < 1.29 is 13.5 Å². The van der Waals surface area contributed by atoms with Crippen LogP contribution in [0.15, 0.2) is 72.8 Å². The summed E-state index contributed by atoms with van der Waals surface area (Å²) in [7, 11) is 1.66. The number of ether oxygens (including phenoxy) is 1. The quantitative estimate of drug-likeness (QED) is 0.403. The second kappa shape index (κ2) is 10.2. The summed E-state index contributed by atoms with van der Waals surface area (Å²) in [6.07, 6.45) is 0. The molecule has 1 aliphatic heterocycles. The third-order valence-corrected chi connectivity index (χ3v) is 6.35. The Hall–Kier alpha value is -3.85. The largest absolute Gasteiger partial charge is 0.496 e. The van der Waals surface area contributed by atoms with E-state index in [0.29, 0.717) is 12.4 Å². The second-order valence-corrected chi connectivity index (χ2v) is 8.47. The topological polar surface area (TPSA) is 59.3 Å². The van der Waals surface area contributed by atoms with Crippen molar-refractivity contribution >= 4 is 5.69 Å². The number of piperazine rings is 1. The van der Waals surface area contributed by atoms with Crippen molar-refractivity contribution in [1.82, 2.24) is 25.1 Å². The summed E-state index contributed by atoms with van der Waals surface area (Å²) < 4.78 is 34.2. The fraction of sp³-hybridized carbons (Fsp3) is 0.269. The molecule has 3 aromatic carbocycles. The van der Waals surface area contributed by atoms with E-state index in [9.17, 15) is 8.78 Å². The molecule has 2 heterocycles. The van der Waals surface area contributed by atoms with Crippen molar-refractivity contribution in [2.24, 2.45) is 0 Å². The maximum absolute atomic E-state index is 13.4. The zero-order chi connectivity index (χ0) is 24.2. The number of tetrazole rings is 1. The number of methoxy groups -OCH3 is 1. The van der Waals surface area contributed by atoms with Gasteiger partial charge in [0.2, 0.25) is 0 Å². The molecule has 0 N–H and O–H groups in total. The van der Waals surface area contributed by atoms with E-state index in [1.54, 1.807) is 23.9 Å². The normalized spacial score (nSPS) is 15.2. The van der Waals surface area contributed by atoms with E-state index in [1.807, 2.05) is 36.4 Å². The van der Waals surface area contributed by atoms with Crippen LogP contribution in [0.4, 0.5) is 14.5 Å². The number of hydrogen-bond acceptors (Lipinski definition) is 6. The third-order valence-electron chi connectivity index (χ3n) is 6.35. The van der Waals surface area contributed by atoms with Crippen molar-refractivity contribution in [3.63, 3.8) is 0 Å². The van der Waals surface area contributed by atoms with Crippen molar-refractivity contribution in [1.29, 1.82) is 0 Å². The number of benzene rings is 3. The van der Waals surface area contributed by atoms with E-state index in [4.69, 9.17) is 4.74 Å². The molecule has 0 spiro atoms. The zero-order valence-electron chi connectivity index (χ0n) is 19.4. The van der Waals surface area contributed by atoms with Crippen LogP contribution in [0.3, 0.4) is 0 Å². The zero-order valence-corrected chi connectivity index (χ0v) is 19.4. The van der Waals surface area contributed by atoms with E-state index in [-0.39, 0.29) is 17.7 Å². The Morgan fingerprint density at radius 1 is 0.857 bits per heavy atom. The summed E-state index contributed by atoms with van der Waals surface area (Å²) in [5, 5.41) is 12.6. The molecular weight excluding hydrogens is 450 g/mol. The Bertz CT molecular complexity index is 1250. The Morgan fingerprint density at radius 2 is 1.51 bits per heavy atom. The number of anilines is 1. The van der Waals surface area contributed by atoms with Gasteiger partial charge in [-0.1, -0.05) is 30.3 Å². The average molecular weight is 477 g/mol. The molecule has 1 aromatic heterocycles. The smallest absolute Gasteiger partial charge is 0.173 e.